The summed E-state index contributed by atoms with van der Waals surface area (Å²) < 4.78 is 0. The minimum absolute atomic E-state index is 0.356. The summed E-state index contributed by atoms with van der Waals surface area (Å²) in [6.07, 6.45) is 1.63. The molecule has 0 radical (unpaired) electrons. The molecule has 0 bridgehead atoms. The van der Waals surface area contributed by atoms with Crippen molar-refractivity contribution in [3.8, 4) is 0 Å². The minimum Gasteiger partial charge on any atom is -0.368 e. The highest BCUT2D eigenvalue weighted by Crippen LogP contribution is 2.21. The molecule has 0 fully saturated rings. The SMILES string of the molecule is NC(=O)C1NCc2[nH]ncc21. The summed E-state index contributed by atoms with van der Waals surface area (Å²) in [5.74, 6) is -0.356. The van der Waals surface area contributed by atoms with E-state index in [1.54, 1.807) is 6.20 Å². The molecule has 58 valence electrons. The first-order valence-electron chi connectivity index (χ1n) is 3.34. The van der Waals surface area contributed by atoms with Gasteiger partial charge in [0.05, 0.1) is 11.9 Å². The van der Waals surface area contributed by atoms with Crippen LogP contribution in [0.4, 0.5) is 0 Å². The Balaban J connectivity index is 2.38. The van der Waals surface area contributed by atoms with Crippen LogP contribution in [0.2, 0.25) is 0 Å². The summed E-state index contributed by atoms with van der Waals surface area (Å²) in [5, 5.41) is 9.54. The molecule has 1 aromatic heterocycles. The molecule has 1 aromatic rings. The minimum atomic E-state index is -0.358. The zero-order valence-electron chi connectivity index (χ0n) is 5.79. The monoisotopic (exact) mass is 152 g/mol. The number of nitrogens with two attached hydrogens (primary N) is 1. The van der Waals surface area contributed by atoms with E-state index in [0.717, 1.165) is 11.3 Å². The van der Waals surface area contributed by atoms with E-state index < -0.39 is 0 Å². The van der Waals surface area contributed by atoms with Crippen molar-refractivity contribution in [2.75, 3.05) is 0 Å². The Morgan fingerprint density at radius 1 is 1.82 bits per heavy atom. The molecular weight excluding hydrogens is 144 g/mol. The molecule has 11 heavy (non-hydrogen) atoms. The Labute approximate surface area is 63.0 Å². The number of carbonyl (C=O) groups is 1. The van der Waals surface area contributed by atoms with Crippen LogP contribution in [0.25, 0.3) is 0 Å². The van der Waals surface area contributed by atoms with Crippen LogP contribution in [0.3, 0.4) is 0 Å². The van der Waals surface area contributed by atoms with E-state index in [0.29, 0.717) is 6.54 Å². The Hall–Kier alpha value is -1.36. The number of hydrogen-bond donors (Lipinski definition) is 3. The number of hydrogen-bond acceptors (Lipinski definition) is 3. The fourth-order valence-corrected chi connectivity index (χ4v) is 1.28. The molecule has 1 amide bonds. The number of nitrogens with one attached hydrogen (secondary N) is 2. The normalized spacial score (nSPS) is 21.6. The average molecular weight is 152 g/mol. The lowest BCUT2D eigenvalue weighted by Gasteiger charge is -2.03. The second kappa shape index (κ2) is 2.06. The van der Waals surface area contributed by atoms with Crippen molar-refractivity contribution in [3.05, 3.63) is 17.5 Å². The van der Waals surface area contributed by atoms with E-state index in [1.165, 1.54) is 0 Å². The van der Waals surface area contributed by atoms with Crippen molar-refractivity contribution >= 4 is 5.91 Å². The van der Waals surface area contributed by atoms with Gasteiger partial charge in [-0.05, 0) is 0 Å². The van der Waals surface area contributed by atoms with Crippen molar-refractivity contribution in [2.45, 2.75) is 12.6 Å². The highest BCUT2D eigenvalue weighted by atomic mass is 16.1. The maximum atomic E-state index is 10.8. The first-order valence-corrected chi connectivity index (χ1v) is 3.34. The van der Waals surface area contributed by atoms with E-state index in [9.17, 15) is 4.79 Å². The molecule has 5 heteroatoms. The topological polar surface area (TPSA) is 83.8 Å². The Kier molecular flexibility index (Phi) is 1.19. The fraction of sp³-hybridized carbons (Fsp3) is 0.333. The third-order valence-corrected chi connectivity index (χ3v) is 1.83. The summed E-state index contributed by atoms with van der Waals surface area (Å²) in [6, 6.07) is -0.358. The van der Waals surface area contributed by atoms with Crippen molar-refractivity contribution < 1.29 is 4.79 Å². The summed E-state index contributed by atoms with van der Waals surface area (Å²) in [5.41, 5.74) is 6.95. The number of carbonyl (C=O) groups excluding carboxylic acids is 1. The van der Waals surface area contributed by atoms with Gasteiger partial charge in [0, 0.05) is 12.1 Å². The van der Waals surface area contributed by atoms with Gasteiger partial charge >= 0.3 is 0 Å². The quantitative estimate of drug-likeness (QED) is 0.484. The van der Waals surface area contributed by atoms with Gasteiger partial charge in [0.15, 0.2) is 0 Å². The first kappa shape index (κ1) is 6.36. The van der Waals surface area contributed by atoms with Gasteiger partial charge in [-0.1, -0.05) is 0 Å². The zero-order valence-corrected chi connectivity index (χ0v) is 5.79. The number of nitrogens with zero attached hydrogens (tertiary/aromatic N) is 1. The van der Waals surface area contributed by atoms with Crippen LogP contribution in [0.15, 0.2) is 6.20 Å². The van der Waals surface area contributed by atoms with E-state index in [2.05, 4.69) is 15.5 Å². The molecule has 0 aliphatic carbocycles. The maximum Gasteiger partial charge on any atom is 0.239 e. The van der Waals surface area contributed by atoms with Crippen molar-refractivity contribution in [3.63, 3.8) is 0 Å². The third kappa shape index (κ3) is 0.813. The Morgan fingerprint density at radius 2 is 2.64 bits per heavy atom. The molecule has 0 aromatic carbocycles. The van der Waals surface area contributed by atoms with Crippen LogP contribution in [0, 0.1) is 0 Å². The van der Waals surface area contributed by atoms with Gasteiger partial charge in [-0.25, -0.2) is 0 Å². The smallest absolute Gasteiger partial charge is 0.239 e. The van der Waals surface area contributed by atoms with Crippen molar-refractivity contribution in [1.82, 2.24) is 15.5 Å². The van der Waals surface area contributed by atoms with Gasteiger partial charge in [-0.15, -0.1) is 0 Å². The van der Waals surface area contributed by atoms with Gasteiger partial charge < -0.3 is 5.73 Å². The zero-order chi connectivity index (χ0) is 7.84. The summed E-state index contributed by atoms with van der Waals surface area (Å²) in [6.45, 7) is 0.642. The van der Waals surface area contributed by atoms with E-state index in [4.69, 9.17) is 5.73 Å². The molecule has 1 aliphatic heterocycles. The van der Waals surface area contributed by atoms with Gasteiger partial charge in [0.25, 0.3) is 0 Å². The standard InChI is InChI=1S/C6H8N4O/c7-6(11)5-3-1-9-10-4(3)2-8-5/h1,5,8H,2H2,(H2,7,11)(H,9,10). The fourth-order valence-electron chi connectivity index (χ4n) is 1.28. The third-order valence-electron chi connectivity index (χ3n) is 1.83. The molecule has 4 N–H and O–H groups in total. The van der Waals surface area contributed by atoms with Crippen LogP contribution < -0.4 is 11.1 Å². The van der Waals surface area contributed by atoms with Crippen LogP contribution in [-0.4, -0.2) is 16.1 Å². The molecule has 1 aliphatic rings. The van der Waals surface area contributed by atoms with E-state index in [1.807, 2.05) is 0 Å². The predicted molar refractivity (Wildman–Crippen MR) is 37.4 cm³/mol. The number of fused-ring (bicyclic) bond motifs is 1. The largest absolute Gasteiger partial charge is 0.368 e. The number of H-pyrrole nitrogens is 1. The van der Waals surface area contributed by atoms with Gasteiger partial charge in [0.1, 0.15) is 6.04 Å². The van der Waals surface area contributed by atoms with E-state index in [-0.39, 0.29) is 11.9 Å². The van der Waals surface area contributed by atoms with Crippen LogP contribution >= 0.6 is 0 Å². The maximum absolute atomic E-state index is 10.8. The van der Waals surface area contributed by atoms with Gasteiger partial charge in [-0.3, -0.25) is 15.2 Å². The number of aromatic nitrogens is 2. The van der Waals surface area contributed by atoms with Crippen LogP contribution in [-0.2, 0) is 11.3 Å². The second-order valence-electron chi connectivity index (χ2n) is 2.52. The van der Waals surface area contributed by atoms with Gasteiger partial charge in [0.2, 0.25) is 5.91 Å². The lowest BCUT2D eigenvalue weighted by molar-refractivity contribution is -0.119. The molecule has 0 saturated heterocycles. The molecule has 1 atom stereocenters. The Bertz CT molecular complexity index is 293. The van der Waals surface area contributed by atoms with E-state index >= 15 is 0 Å². The number of rotatable bonds is 1. The second-order valence-corrected chi connectivity index (χ2v) is 2.52. The molecular formula is C6H8N4O. The molecule has 0 spiro atoms. The highest BCUT2D eigenvalue weighted by molar-refractivity contribution is 5.82. The lowest BCUT2D eigenvalue weighted by Crippen LogP contribution is -2.28. The number of aromatic amines is 1. The highest BCUT2D eigenvalue weighted by Gasteiger charge is 2.27. The lowest BCUT2D eigenvalue weighted by atomic mass is 10.1. The number of primary amides is 1. The van der Waals surface area contributed by atoms with Crippen molar-refractivity contribution in [1.29, 1.82) is 0 Å². The summed E-state index contributed by atoms with van der Waals surface area (Å²) in [4.78, 5) is 10.8. The molecule has 2 rings (SSSR count). The first-order chi connectivity index (χ1) is 5.29. The average Bonchev–Trinajstić information content (AvgIpc) is 2.41. The van der Waals surface area contributed by atoms with Gasteiger partial charge in [-0.2, -0.15) is 5.10 Å². The summed E-state index contributed by atoms with van der Waals surface area (Å²) in [7, 11) is 0. The molecule has 5 nitrogen and oxygen atoms in total. The predicted octanol–water partition coefficient (Wildman–Crippen LogP) is -0.961. The molecule has 2 heterocycles. The molecule has 0 saturated carbocycles. The van der Waals surface area contributed by atoms with Crippen LogP contribution in [0.5, 0.6) is 0 Å². The van der Waals surface area contributed by atoms with Crippen molar-refractivity contribution in [2.24, 2.45) is 5.73 Å². The van der Waals surface area contributed by atoms with Crippen LogP contribution in [0.1, 0.15) is 17.3 Å². The summed E-state index contributed by atoms with van der Waals surface area (Å²) >= 11 is 0. The Morgan fingerprint density at radius 3 is 3.36 bits per heavy atom. The molecule has 1 unspecified atom stereocenters. The number of amides is 1.